The molecule has 2 aliphatic rings. The fourth-order valence-electron chi connectivity index (χ4n) is 3.74. The minimum Gasteiger partial charge on any atom is -0.339 e. The fourth-order valence-corrected chi connectivity index (χ4v) is 3.74. The molecule has 3 heterocycles. The molecule has 2 aliphatic heterocycles. The Morgan fingerprint density at radius 3 is 2.58 bits per heavy atom. The lowest BCUT2D eigenvalue weighted by Gasteiger charge is -2.38. The second kappa shape index (κ2) is 5.47. The first-order chi connectivity index (χ1) is 11.5. The molecule has 0 radical (unpaired) electrons. The largest absolute Gasteiger partial charge is 0.339 e. The van der Waals surface area contributed by atoms with Gasteiger partial charge in [0, 0.05) is 32.8 Å². The van der Waals surface area contributed by atoms with Gasteiger partial charge in [0.15, 0.2) is 0 Å². The molecule has 1 fully saturated rings. The molecule has 5 nitrogen and oxygen atoms in total. The minimum atomic E-state index is -0.293. The molecule has 0 aliphatic carbocycles. The number of likely N-dealkylation sites (tertiary alicyclic amines) is 1. The minimum absolute atomic E-state index is 0.0206. The smallest absolute Gasteiger partial charge is 0.271 e. The maximum atomic E-state index is 13.1. The van der Waals surface area contributed by atoms with Crippen LogP contribution in [0.4, 0.5) is 4.39 Å². The van der Waals surface area contributed by atoms with Gasteiger partial charge in [-0.3, -0.25) is 9.59 Å². The summed E-state index contributed by atoms with van der Waals surface area (Å²) in [4.78, 5) is 28.3. The van der Waals surface area contributed by atoms with Crippen LogP contribution in [0, 0.1) is 5.82 Å². The maximum absolute atomic E-state index is 13.1. The van der Waals surface area contributed by atoms with Crippen LogP contribution >= 0.6 is 0 Å². The van der Waals surface area contributed by atoms with Crippen molar-refractivity contribution in [2.45, 2.75) is 25.6 Å². The van der Waals surface area contributed by atoms with Crippen LogP contribution in [0.25, 0.3) is 0 Å². The Hall–Kier alpha value is -2.63. The van der Waals surface area contributed by atoms with E-state index in [-0.39, 0.29) is 29.7 Å². The van der Waals surface area contributed by atoms with E-state index in [1.807, 2.05) is 27.8 Å². The molecule has 6 heteroatoms. The van der Waals surface area contributed by atoms with Crippen LogP contribution in [0.2, 0.25) is 0 Å². The first-order valence-electron chi connectivity index (χ1n) is 8.02. The first kappa shape index (κ1) is 14.9. The monoisotopic (exact) mass is 327 g/mol. The molecule has 2 atom stereocenters. The van der Waals surface area contributed by atoms with Gasteiger partial charge in [0.1, 0.15) is 11.5 Å². The molecule has 0 unspecified atom stereocenters. The molecule has 124 valence electrons. The predicted octanol–water partition coefficient (Wildman–Crippen LogP) is 2.05. The summed E-state index contributed by atoms with van der Waals surface area (Å²) in [5.74, 6) is -0.317. The number of carbonyl (C=O) groups excluding carboxylic acids is 2. The van der Waals surface area contributed by atoms with Crippen molar-refractivity contribution in [3.05, 3.63) is 59.7 Å². The topological polar surface area (TPSA) is 45.6 Å². The summed E-state index contributed by atoms with van der Waals surface area (Å²) < 4.78 is 15.1. The molecule has 2 amide bonds. The summed E-state index contributed by atoms with van der Waals surface area (Å²) >= 11 is 0. The number of fused-ring (bicyclic) bond motifs is 3. The van der Waals surface area contributed by atoms with E-state index in [4.69, 9.17) is 0 Å². The molecule has 0 spiro atoms. The summed E-state index contributed by atoms with van der Waals surface area (Å²) in [5.41, 5.74) is 1.52. The Bertz CT molecular complexity index is 799. The standard InChI is InChI=1S/C18H18FN3O2/c1-12(23)20-10-16-17(11-20)22(9-13-4-6-14(19)7-5-13)18(24)15-3-2-8-21(15)16/h2-8,16-17H,9-11H2,1H3/t16-,17+/m0/s1. The Morgan fingerprint density at radius 2 is 1.88 bits per heavy atom. The molecule has 0 bridgehead atoms. The third kappa shape index (κ3) is 2.29. The number of amides is 2. The SMILES string of the molecule is CC(=O)N1C[C@@H]2[C@H](C1)n1cccc1C(=O)N2Cc1ccc(F)cc1. The van der Waals surface area contributed by atoms with Crippen LogP contribution < -0.4 is 0 Å². The molecule has 4 rings (SSSR count). The van der Waals surface area contributed by atoms with Crippen LogP contribution in [0.1, 0.15) is 29.0 Å². The van der Waals surface area contributed by atoms with Crippen LogP contribution in [-0.4, -0.2) is 45.3 Å². The van der Waals surface area contributed by atoms with Crippen LogP contribution in [0.15, 0.2) is 42.6 Å². The van der Waals surface area contributed by atoms with Crippen LogP contribution in [0.5, 0.6) is 0 Å². The highest BCUT2D eigenvalue weighted by Gasteiger charge is 2.45. The van der Waals surface area contributed by atoms with E-state index < -0.39 is 0 Å². The zero-order valence-corrected chi connectivity index (χ0v) is 13.4. The third-order valence-corrected chi connectivity index (χ3v) is 4.99. The van der Waals surface area contributed by atoms with Gasteiger partial charge in [-0.1, -0.05) is 12.1 Å². The van der Waals surface area contributed by atoms with Gasteiger partial charge in [-0.2, -0.15) is 0 Å². The Morgan fingerprint density at radius 1 is 1.17 bits per heavy atom. The van der Waals surface area contributed by atoms with Gasteiger partial charge in [-0.15, -0.1) is 0 Å². The van der Waals surface area contributed by atoms with Crippen molar-refractivity contribution in [2.75, 3.05) is 13.1 Å². The summed E-state index contributed by atoms with van der Waals surface area (Å²) in [6, 6.07) is 9.88. The van der Waals surface area contributed by atoms with Crippen molar-refractivity contribution in [1.29, 1.82) is 0 Å². The molecule has 24 heavy (non-hydrogen) atoms. The van der Waals surface area contributed by atoms with Gasteiger partial charge in [-0.25, -0.2) is 4.39 Å². The van der Waals surface area contributed by atoms with Gasteiger partial charge < -0.3 is 14.4 Å². The van der Waals surface area contributed by atoms with Crippen molar-refractivity contribution in [2.24, 2.45) is 0 Å². The summed E-state index contributed by atoms with van der Waals surface area (Å²) in [5, 5.41) is 0. The maximum Gasteiger partial charge on any atom is 0.271 e. The molecule has 2 aromatic rings. The fraction of sp³-hybridized carbons (Fsp3) is 0.333. The number of nitrogens with zero attached hydrogens (tertiary/aromatic N) is 3. The first-order valence-corrected chi connectivity index (χ1v) is 8.02. The number of carbonyl (C=O) groups is 2. The quantitative estimate of drug-likeness (QED) is 0.847. The number of benzene rings is 1. The highest BCUT2D eigenvalue weighted by atomic mass is 19.1. The van der Waals surface area contributed by atoms with E-state index in [1.54, 1.807) is 24.0 Å². The van der Waals surface area contributed by atoms with E-state index in [2.05, 4.69) is 0 Å². The van der Waals surface area contributed by atoms with Crippen LogP contribution in [0.3, 0.4) is 0 Å². The van der Waals surface area contributed by atoms with Crippen molar-refractivity contribution >= 4 is 11.8 Å². The van der Waals surface area contributed by atoms with E-state index >= 15 is 0 Å². The second-order valence-corrected chi connectivity index (χ2v) is 6.42. The Labute approximate surface area is 139 Å². The average molecular weight is 327 g/mol. The van der Waals surface area contributed by atoms with Gasteiger partial charge in [0.2, 0.25) is 5.91 Å². The number of halogens is 1. The number of rotatable bonds is 2. The van der Waals surface area contributed by atoms with E-state index in [0.29, 0.717) is 25.3 Å². The van der Waals surface area contributed by atoms with Gasteiger partial charge in [-0.05, 0) is 29.8 Å². The number of hydrogen-bond donors (Lipinski definition) is 0. The van der Waals surface area contributed by atoms with Crippen molar-refractivity contribution in [1.82, 2.24) is 14.4 Å². The second-order valence-electron chi connectivity index (χ2n) is 6.42. The molecular formula is C18H18FN3O2. The highest BCUT2D eigenvalue weighted by Crippen LogP contribution is 2.34. The summed E-state index contributed by atoms with van der Waals surface area (Å²) in [6.45, 7) is 3.11. The number of hydrogen-bond acceptors (Lipinski definition) is 2. The molecule has 1 saturated heterocycles. The lowest BCUT2D eigenvalue weighted by molar-refractivity contribution is -0.128. The van der Waals surface area contributed by atoms with Gasteiger partial charge >= 0.3 is 0 Å². The molecule has 0 saturated carbocycles. The normalized spacial score (nSPS) is 22.5. The summed E-state index contributed by atoms with van der Waals surface area (Å²) in [7, 11) is 0. The Balaban J connectivity index is 1.69. The average Bonchev–Trinajstić information content (AvgIpc) is 3.19. The van der Waals surface area contributed by atoms with E-state index in [0.717, 1.165) is 5.56 Å². The van der Waals surface area contributed by atoms with Crippen molar-refractivity contribution in [3.8, 4) is 0 Å². The molecular weight excluding hydrogens is 309 g/mol. The van der Waals surface area contributed by atoms with Gasteiger partial charge in [0.25, 0.3) is 5.91 Å². The molecule has 0 N–H and O–H groups in total. The Kier molecular flexibility index (Phi) is 3.40. The van der Waals surface area contributed by atoms with Crippen molar-refractivity contribution in [3.63, 3.8) is 0 Å². The number of aromatic nitrogens is 1. The highest BCUT2D eigenvalue weighted by molar-refractivity contribution is 5.94. The molecule has 1 aromatic carbocycles. The lowest BCUT2D eigenvalue weighted by Crippen LogP contribution is -2.49. The van der Waals surface area contributed by atoms with E-state index in [9.17, 15) is 14.0 Å². The third-order valence-electron chi connectivity index (χ3n) is 4.99. The van der Waals surface area contributed by atoms with Crippen molar-refractivity contribution < 1.29 is 14.0 Å². The molecule has 1 aromatic heterocycles. The van der Waals surface area contributed by atoms with E-state index in [1.165, 1.54) is 12.1 Å². The summed E-state index contributed by atoms with van der Waals surface area (Å²) in [6.07, 6.45) is 1.91. The lowest BCUT2D eigenvalue weighted by atomic mass is 10.0. The predicted molar refractivity (Wildman–Crippen MR) is 85.8 cm³/mol. The van der Waals surface area contributed by atoms with Crippen LogP contribution in [-0.2, 0) is 11.3 Å². The van der Waals surface area contributed by atoms with Gasteiger partial charge in [0.05, 0.1) is 12.1 Å². The zero-order chi connectivity index (χ0) is 16.8. The zero-order valence-electron chi connectivity index (χ0n) is 13.4.